The Morgan fingerprint density at radius 2 is 1.83 bits per heavy atom. The highest BCUT2D eigenvalue weighted by atomic mass is 32.2. The molecule has 24 heavy (non-hydrogen) atoms. The van der Waals surface area contributed by atoms with Gasteiger partial charge in [0.25, 0.3) is 0 Å². The molecule has 2 rings (SSSR count). The normalized spacial score (nSPS) is 16.1. The van der Waals surface area contributed by atoms with Crippen LogP contribution in [0.4, 0.5) is 14.5 Å². The van der Waals surface area contributed by atoms with Crippen LogP contribution in [-0.4, -0.2) is 32.7 Å². The molecule has 1 fully saturated rings. The lowest BCUT2D eigenvalue weighted by molar-refractivity contribution is -0.121. The number of hydrogen-bond acceptors (Lipinski definition) is 4. The molecule has 0 aromatic heterocycles. The monoisotopic (exact) mass is 360 g/mol. The number of carbonyl (C=O) groups excluding carboxylic acids is 1. The number of nitrogens with one attached hydrogen (secondary N) is 2. The van der Waals surface area contributed by atoms with Crippen LogP contribution < -0.4 is 10.6 Å². The van der Waals surface area contributed by atoms with Crippen LogP contribution in [0.5, 0.6) is 0 Å². The Morgan fingerprint density at radius 3 is 2.50 bits per heavy atom. The van der Waals surface area contributed by atoms with Crippen molar-refractivity contribution in [3.05, 3.63) is 24.3 Å². The highest BCUT2D eigenvalue weighted by Crippen LogP contribution is 2.26. The van der Waals surface area contributed by atoms with Gasteiger partial charge in [0, 0.05) is 19.0 Å². The maximum atomic E-state index is 12.7. The number of sulfone groups is 1. The van der Waals surface area contributed by atoms with E-state index in [9.17, 15) is 22.0 Å². The van der Waals surface area contributed by atoms with Crippen molar-refractivity contribution in [2.45, 2.75) is 55.2 Å². The van der Waals surface area contributed by atoms with Crippen molar-refractivity contribution < 1.29 is 22.0 Å². The first-order valence-electron chi connectivity index (χ1n) is 8.05. The van der Waals surface area contributed by atoms with Gasteiger partial charge in [0.1, 0.15) is 0 Å². The fourth-order valence-corrected chi connectivity index (χ4v) is 3.72. The van der Waals surface area contributed by atoms with E-state index < -0.39 is 20.5 Å². The molecule has 1 aromatic rings. The van der Waals surface area contributed by atoms with Crippen molar-refractivity contribution in [3.8, 4) is 0 Å². The molecule has 0 spiro atoms. The first-order chi connectivity index (χ1) is 11.4. The average molecular weight is 360 g/mol. The third-order valence-corrected chi connectivity index (χ3v) is 5.50. The molecule has 1 saturated carbocycles. The zero-order valence-electron chi connectivity index (χ0n) is 13.3. The SMILES string of the molecule is O=C(CCNc1ccccc1S(=O)(=O)C(F)F)NC1CCCCC1. The second-order valence-corrected chi connectivity index (χ2v) is 7.77. The molecular weight excluding hydrogens is 338 g/mol. The van der Waals surface area contributed by atoms with Crippen LogP contribution in [0.3, 0.4) is 0 Å². The van der Waals surface area contributed by atoms with Crippen molar-refractivity contribution in [1.82, 2.24) is 5.32 Å². The summed E-state index contributed by atoms with van der Waals surface area (Å²) in [4.78, 5) is 11.5. The molecule has 8 heteroatoms. The summed E-state index contributed by atoms with van der Waals surface area (Å²) in [5.41, 5.74) is 0.0864. The third kappa shape index (κ3) is 4.90. The van der Waals surface area contributed by atoms with Crippen LogP contribution in [0.25, 0.3) is 0 Å². The fourth-order valence-electron chi connectivity index (χ4n) is 2.81. The molecule has 1 aromatic carbocycles. The van der Waals surface area contributed by atoms with Crippen LogP contribution in [0.15, 0.2) is 29.2 Å². The maximum Gasteiger partial charge on any atom is 0.341 e. The molecule has 2 N–H and O–H groups in total. The zero-order valence-corrected chi connectivity index (χ0v) is 14.1. The van der Waals surface area contributed by atoms with Gasteiger partial charge in [-0.2, -0.15) is 8.78 Å². The summed E-state index contributed by atoms with van der Waals surface area (Å²) in [6, 6.07) is 5.68. The van der Waals surface area contributed by atoms with E-state index in [2.05, 4.69) is 10.6 Å². The average Bonchev–Trinajstić information content (AvgIpc) is 2.56. The summed E-state index contributed by atoms with van der Waals surface area (Å²) in [5, 5.41) is 5.72. The Morgan fingerprint density at radius 1 is 1.17 bits per heavy atom. The van der Waals surface area contributed by atoms with Crippen molar-refractivity contribution in [1.29, 1.82) is 0 Å². The van der Waals surface area contributed by atoms with Crippen molar-refractivity contribution >= 4 is 21.4 Å². The van der Waals surface area contributed by atoms with Gasteiger partial charge < -0.3 is 10.6 Å². The summed E-state index contributed by atoms with van der Waals surface area (Å²) < 4.78 is 48.7. The Balaban J connectivity index is 1.89. The Bertz CT molecular complexity index is 659. The number of anilines is 1. The second-order valence-electron chi connectivity index (χ2n) is 5.88. The van der Waals surface area contributed by atoms with Gasteiger partial charge in [0.15, 0.2) is 0 Å². The molecule has 0 aliphatic heterocycles. The molecule has 0 heterocycles. The molecule has 0 atom stereocenters. The van der Waals surface area contributed by atoms with Crippen LogP contribution in [-0.2, 0) is 14.6 Å². The van der Waals surface area contributed by atoms with E-state index in [1.165, 1.54) is 18.6 Å². The number of amides is 1. The summed E-state index contributed by atoms with van der Waals surface area (Å²) in [6.07, 6.45) is 5.54. The quantitative estimate of drug-likeness (QED) is 0.784. The molecule has 0 radical (unpaired) electrons. The predicted octanol–water partition coefficient (Wildman–Crippen LogP) is 2.93. The zero-order chi connectivity index (χ0) is 17.6. The minimum absolute atomic E-state index is 0.0864. The number of alkyl halides is 2. The number of para-hydroxylation sites is 1. The molecule has 1 aliphatic carbocycles. The van der Waals surface area contributed by atoms with E-state index in [0.29, 0.717) is 0 Å². The number of benzene rings is 1. The predicted molar refractivity (Wildman–Crippen MR) is 87.8 cm³/mol. The van der Waals surface area contributed by atoms with Gasteiger partial charge >= 0.3 is 5.76 Å². The fraction of sp³-hybridized carbons (Fsp3) is 0.562. The van der Waals surface area contributed by atoms with Gasteiger partial charge in [-0.1, -0.05) is 31.4 Å². The highest BCUT2D eigenvalue weighted by molar-refractivity contribution is 7.91. The van der Waals surface area contributed by atoms with Crippen LogP contribution in [0.1, 0.15) is 38.5 Å². The van der Waals surface area contributed by atoms with E-state index >= 15 is 0 Å². The summed E-state index contributed by atoms with van der Waals surface area (Å²) in [6.45, 7) is 0.175. The number of hydrogen-bond donors (Lipinski definition) is 2. The summed E-state index contributed by atoms with van der Waals surface area (Å²) in [7, 11) is -4.68. The van der Waals surface area contributed by atoms with Gasteiger partial charge in [-0.15, -0.1) is 0 Å². The number of rotatable bonds is 7. The highest BCUT2D eigenvalue weighted by Gasteiger charge is 2.28. The topological polar surface area (TPSA) is 75.3 Å². The van der Waals surface area contributed by atoms with Crippen LogP contribution >= 0.6 is 0 Å². The van der Waals surface area contributed by atoms with Crippen molar-refractivity contribution in [2.75, 3.05) is 11.9 Å². The molecule has 0 unspecified atom stereocenters. The Kier molecular flexibility index (Phi) is 6.53. The molecule has 1 amide bonds. The molecule has 1 aliphatic rings. The van der Waals surface area contributed by atoms with Crippen LogP contribution in [0, 0.1) is 0 Å². The summed E-state index contributed by atoms with van der Waals surface area (Å²) >= 11 is 0. The Labute approximate surface area is 140 Å². The van der Waals surface area contributed by atoms with E-state index in [4.69, 9.17) is 0 Å². The van der Waals surface area contributed by atoms with Crippen molar-refractivity contribution in [2.24, 2.45) is 0 Å². The maximum absolute atomic E-state index is 12.7. The van der Waals surface area contributed by atoms with Gasteiger partial charge in [0.2, 0.25) is 15.7 Å². The second kappa shape index (κ2) is 8.41. The van der Waals surface area contributed by atoms with Gasteiger partial charge in [0.05, 0.1) is 10.6 Å². The van der Waals surface area contributed by atoms with E-state index in [0.717, 1.165) is 31.7 Å². The van der Waals surface area contributed by atoms with Gasteiger partial charge in [-0.05, 0) is 25.0 Å². The molecule has 5 nitrogen and oxygen atoms in total. The molecule has 0 bridgehead atoms. The van der Waals surface area contributed by atoms with E-state index in [-0.39, 0.29) is 30.6 Å². The van der Waals surface area contributed by atoms with E-state index in [1.807, 2.05) is 0 Å². The van der Waals surface area contributed by atoms with Crippen LogP contribution in [0.2, 0.25) is 0 Å². The standard InChI is InChI=1S/C16H22F2N2O3S/c17-16(18)24(22,23)14-9-5-4-8-13(14)19-11-10-15(21)20-12-6-2-1-3-7-12/h4-5,8-9,12,16,19H,1-3,6-7,10-11H2,(H,20,21). The van der Waals surface area contributed by atoms with Gasteiger partial charge in [-0.25, -0.2) is 8.42 Å². The lowest BCUT2D eigenvalue weighted by Crippen LogP contribution is -2.36. The lowest BCUT2D eigenvalue weighted by Gasteiger charge is -2.22. The van der Waals surface area contributed by atoms with E-state index in [1.54, 1.807) is 6.07 Å². The smallest absolute Gasteiger partial charge is 0.341 e. The number of carbonyl (C=O) groups is 1. The van der Waals surface area contributed by atoms with Gasteiger partial charge in [-0.3, -0.25) is 4.79 Å². The first kappa shape index (κ1) is 18.6. The Hall–Kier alpha value is -1.70. The third-order valence-electron chi connectivity index (χ3n) is 4.07. The molecule has 134 valence electrons. The minimum atomic E-state index is -4.68. The molecule has 0 saturated heterocycles. The minimum Gasteiger partial charge on any atom is -0.383 e. The first-order valence-corrected chi connectivity index (χ1v) is 9.60. The number of halogens is 2. The summed E-state index contributed by atoms with van der Waals surface area (Å²) in [5.74, 6) is -3.60. The molecular formula is C16H22F2N2O3S. The lowest BCUT2D eigenvalue weighted by atomic mass is 9.95. The largest absolute Gasteiger partial charge is 0.383 e. The van der Waals surface area contributed by atoms with Crippen molar-refractivity contribution in [3.63, 3.8) is 0 Å².